The summed E-state index contributed by atoms with van der Waals surface area (Å²) in [6, 6.07) is 4.46. The second-order valence-electron chi connectivity index (χ2n) is 5.04. The first-order valence-electron chi connectivity index (χ1n) is 7.51. The smallest absolute Gasteiger partial charge is 0.262 e. The minimum absolute atomic E-state index is 0.114. The number of carbonyl (C=O) groups is 1. The Morgan fingerprint density at radius 2 is 2.17 bits per heavy atom. The van der Waals surface area contributed by atoms with Gasteiger partial charge in [-0.05, 0) is 31.0 Å². The van der Waals surface area contributed by atoms with Gasteiger partial charge in [0.15, 0.2) is 0 Å². The fraction of sp³-hybridized carbons (Fsp3) is 0.375. The number of hydrogen-bond donors (Lipinski definition) is 1. The molecule has 1 amide bonds. The normalized spacial score (nSPS) is 10.6. The van der Waals surface area contributed by atoms with Gasteiger partial charge in [0, 0.05) is 17.2 Å². The Labute approximate surface area is 143 Å². The van der Waals surface area contributed by atoms with Crippen LogP contribution in [0.15, 0.2) is 28.9 Å². The van der Waals surface area contributed by atoms with Crippen LogP contribution in [0.1, 0.15) is 37.0 Å². The summed E-state index contributed by atoms with van der Waals surface area (Å²) in [5, 5.41) is 6.83. The molecule has 0 saturated carbocycles. The van der Waals surface area contributed by atoms with E-state index < -0.39 is 11.7 Å². The van der Waals surface area contributed by atoms with Crippen LogP contribution in [0.25, 0.3) is 0 Å². The van der Waals surface area contributed by atoms with Gasteiger partial charge in [0.1, 0.15) is 11.4 Å². The van der Waals surface area contributed by atoms with Crippen LogP contribution in [0, 0.1) is 5.82 Å². The Bertz CT molecular complexity index is 688. The number of benzene rings is 1. The number of nitrogens with zero attached hydrogens (tertiary/aromatic N) is 2. The van der Waals surface area contributed by atoms with Gasteiger partial charge in [0.2, 0.25) is 5.88 Å². The number of hydrogen-bond acceptors (Lipinski definition) is 3. The summed E-state index contributed by atoms with van der Waals surface area (Å²) in [6.45, 7) is 5.14. The average molecular weight is 384 g/mol. The fourth-order valence-electron chi connectivity index (χ4n) is 1.99. The maximum absolute atomic E-state index is 13.9. The molecular formula is C16H19BrFN3O2. The Hall–Kier alpha value is -1.89. The lowest BCUT2D eigenvalue weighted by Gasteiger charge is -2.07. The van der Waals surface area contributed by atoms with Crippen LogP contribution in [0.4, 0.5) is 10.1 Å². The number of nitrogens with one attached hydrogen (secondary N) is 1. The quantitative estimate of drug-likeness (QED) is 0.777. The lowest BCUT2D eigenvalue weighted by atomic mass is 10.2. The van der Waals surface area contributed by atoms with E-state index in [0.29, 0.717) is 23.2 Å². The van der Waals surface area contributed by atoms with Crippen molar-refractivity contribution < 1.29 is 13.9 Å². The van der Waals surface area contributed by atoms with Crippen LogP contribution in [0.5, 0.6) is 5.88 Å². The standard InChI is InChI=1S/C16H19BrFN3O2/c1-3-7-21-10-12(16(20-21)23-8-4-2)15(22)19-14-6-5-11(17)9-13(14)18/h5-6,9-10H,3-4,7-8H2,1-2H3,(H,19,22). The van der Waals surface area contributed by atoms with E-state index in [2.05, 4.69) is 26.3 Å². The van der Waals surface area contributed by atoms with Crippen molar-refractivity contribution in [1.29, 1.82) is 0 Å². The molecule has 0 saturated heterocycles. The van der Waals surface area contributed by atoms with E-state index in [1.165, 1.54) is 12.1 Å². The van der Waals surface area contributed by atoms with Gasteiger partial charge in [-0.3, -0.25) is 9.48 Å². The third-order valence-corrected chi connectivity index (χ3v) is 3.54. The number of halogens is 2. The summed E-state index contributed by atoms with van der Waals surface area (Å²) in [4.78, 5) is 12.4. The van der Waals surface area contributed by atoms with Crippen LogP contribution in [-0.4, -0.2) is 22.3 Å². The van der Waals surface area contributed by atoms with E-state index in [-0.39, 0.29) is 11.6 Å². The van der Waals surface area contributed by atoms with Crippen molar-refractivity contribution in [3.8, 4) is 5.88 Å². The summed E-state index contributed by atoms with van der Waals surface area (Å²) < 4.78 is 21.7. The van der Waals surface area contributed by atoms with Crippen molar-refractivity contribution in [3.63, 3.8) is 0 Å². The lowest BCUT2D eigenvalue weighted by molar-refractivity contribution is 0.102. The molecule has 0 aliphatic carbocycles. The molecule has 2 aromatic rings. The first kappa shape index (κ1) is 17.5. The largest absolute Gasteiger partial charge is 0.476 e. The van der Waals surface area contributed by atoms with Gasteiger partial charge in [-0.2, -0.15) is 0 Å². The molecule has 1 aromatic carbocycles. The maximum atomic E-state index is 13.9. The van der Waals surface area contributed by atoms with Crippen LogP contribution in [0.3, 0.4) is 0 Å². The van der Waals surface area contributed by atoms with E-state index in [4.69, 9.17) is 4.74 Å². The van der Waals surface area contributed by atoms with Crippen molar-refractivity contribution >= 4 is 27.5 Å². The Morgan fingerprint density at radius 3 is 2.83 bits per heavy atom. The summed E-state index contributed by atoms with van der Waals surface area (Å²) in [5.41, 5.74) is 0.414. The summed E-state index contributed by atoms with van der Waals surface area (Å²) in [5.74, 6) is -0.681. The monoisotopic (exact) mass is 383 g/mol. The molecule has 5 nitrogen and oxygen atoms in total. The van der Waals surface area contributed by atoms with Gasteiger partial charge >= 0.3 is 0 Å². The Morgan fingerprint density at radius 1 is 1.39 bits per heavy atom. The van der Waals surface area contributed by atoms with E-state index >= 15 is 0 Å². The molecule has 1 aromatic heterocycles. The highest BCUT2D eigenvalue weighted by Crippen LogP contribution is 2.22. The fourth-order valence-corrected chi connectivity index (χ4v) is 2.32. The molecule has 0 aliphatic rings. The summed E-state index contributed by atoms with van der Waals surface area (Å²) in [7, 11) is 0. The predicted octanol–water partition coefficient (Wildman–Crippen LogP) is 4.24. The van der Waals surface area contributed by atoms with E-state index in [0.717, 1.165) is 12.8 Å². The molecule has 0 spiro atoms. The number of anilines is 1. The van der Waals surface area contributed by atoms with Crippen LogP contribution in [0.2, 0.25) is 0 Å². The zero-order valence-corrected chi connectivity index (χ0v) is 14.7. The molecule has 2 rings (SSSR count). The first-order chi connectivity index (χ1) is 11.0. The van der Waals surface area contributed by atoms with Crippen molar-refractivity contribution in [2.75, 3.05) is 11.9 Å². The number of carbonyl (C=O) groups excluding carboxylic acids is 1. The molecule has 7 heteroatoms. The third-order valence-electron chi connectivity index (χ3n) is 3.05. The highest BCUT2D eigenvalue weighted by Gasteiger charge is 2.19. The van der Waals surface area contributed by atoms with Crippen LogP contribution in [-0.2, 0) is 6.54 Å². The molecule has 124 valence electrons. The van der Waals surface area contributed by atoms with Crippen molar-refractivity contribution in [2.45, 2.75) is 33.2 Å². The van der Waals surface area contributed by atoms with E-state index in [1.54, 1.807) is 16.9 Å². The predicted molar refractivity (Wildman–Crippen MR) is 90.4 cm³/mol. The molecule has 1 N–H and O–H groups in total. The highest BCUT2D eigenvalue weighted by molar-refractivity contribution is 9.10. The van der Waals surface area contributed by atoms with E-state index in [1.807, 2.05) is 13.8 Å². The van der Waals surface area contributed by atoms with Gasteiger partial charge in [-0.15, -0.1) is 5.10 Å². The SMILES string of the molecule is CCCOc1nn(CCC)cc1C(=O)Nc1ccc(Br)cc1F. The summed E-state index contributed by atoms with van der Waals surface area (Å²) in [6.07, 6.45) is 3.32. The minimum Gasteiger partial charge on any atom is -0.476 e. The number of aromatic nitrogens is 2. The number of ether oxygens (including phenoxy) is 1. The molecule has 0 atom stereocenters. The number of rotatable bonds is 7. The molecular weight excluding hydrogens is 365 g/mol. The second kappa shape index (κ2) is 8.10. The third kappa shape index (κ3) is 4.54. The molecule has 0 radical (unpaired) electrons. The molecule has 1 heterocycles. The zero-order valence-electron chi connectivity index (χ0n) is 13.1. The van der Waals surface area contributed by atoms with Crippen molar-refractivity contribution in [3.05, 3.63) is 40.2 Å². The van der Waals surface area contributed by atoms with Gasteiger partial charge in [0.25, 0.3) is 5.91 Å². The molecule has 23 heavy (non-hydrogen) atoms. The number of amides is 1. The van der Waals surface area contributed by atoms with E-state index in [9.17, 15) is 9.18 Å². The maximum Gasteiger partial charge on any atom is 0.262 e. The molecule has 0 unspecified atom stereocenters. The van der Waals surface area contributed by atoms with Gasteiger partial charge in [-0.25, -0.2) is 4.39 Å². The minimum atomic E-state index is -0.510. The highest BCUT2D eigenvalue weighted by atomic mass is 79.9. The molecule has 0 aliphatic heterocycles. The Kier molecular flexibility index (Phi) is 6.15. The van der Waals surface area contributed by atoms with Crippen molar-refractivity contribution in [2.24, 2.45) is 0 Å². The topological polar surface area (TPSA) is 56.2 Å². The second-order valence-corrected chi connectivity index (χ2v) is 5.95. The first-order valence-corrected chi connectivity index (χ1v) is 8.31. The van der Waals surface area contributed by atoms with Crippen LogP contribution >= 0.6 is 15.9 Å². The average Bonchev–Trinajstić information content (AvgIpc) is 2.91. The lowest BCUT2D eigenvalue weighted by Crippen LogP contribution is -2.14. The summed E-state index contributed by atoms with van der Waals surface area (Å²) >= 11 is 3.18. The number of aryl methyl sites for hydroxylation is 1. The van der Waals surface area contributed by atoms with Gasteiger partial charge in [-0.1, -0.05) is 29.8 Å². The van der Waals surface area contributed by atoms with Crippen LogP contribution < -0.4 is 10.1 Å². The van der Waals surface area contributed by atoms with Gasteiger partial charge in [0.05, 0.1) is 12.3 Å². The van der Waals surface area contributed by atoms with Gasteiger partial charge < -0.3 is 10.1 Å². The van der Waals surface area contributed by atoms with Crippen molar-refractivity contribution in [1.82, 2.24) is 9.78 Å². The Balaban J connectivity index is 2.22. The molecule has 0 bridgehead atoms. The zero-order chi connectivity index (χ0) is 16.8. The molecule has 0 fully saturated rings.